The summed E-state index contributed by atoms with van der Waals surface area (Å²) >= 11 is 0. The Hall–Kier alpha value is -1.16. The van der Waals surface area contributed by atoms with Crippen LogP contribution in [-0.4, -0.2) is 29.1 Å². The number of aromatic nitrogens is 2. The summed E-state index contributed by atoms with van der Waals surface area (Å²) < 4.78 is 0. The summed E-state index contributed by atoms with van der Waals surface area (Å²) in [6.45, 7) is 1.57. The second kappa shape index (κ2) is 5.80. The molecule has 1 aliphatic rings. The zero-order valence-electron chi connectivity index (χ0n) is 9.68. The lowest BCUT2D eigenvalue weighted by atomic mass is 9.94. The molecule has 2 rings (SSSR count). The summed E-state index contributed by atoms with van der Waals surface area (Å²) in [7, 11) is 0. The molecule has 0 radical (unpaired) electrons. The SMILES string of the molecule is NCCN(c1ccncn1)C1CCCCC1. The van der Waals surface area contributed by atoms with Gasteiger partial charge in [-0.15, -0.1) is 0 Å². The van der Waals surface area contributed by atoms with Crippen LogP contribution in [-0.2, 0) is 0 Å². The molecule has 4 heteroatoms. The fourth-order valence-corrected chi connectivity index (χ4v) is 2.47. The van der Waals surface area contributed by atoms with Gasteiger partial charge in [-0.25, -0.2) is 9.97 Å². The molecule has 2 N–H and O–H groups in total. The fraction of sp³-hybridized carbons (Fsp3) is 0.667. The normalized spacial score (nSPS) is 17.3. The van der Waals surface area contributed by atoms with E-state index in [1.165, 1.54) is 32.1 Å². The predicted octanol–water partition coefficient (Wildman–Crippen LogP) is 1.57. The van der Waals surface area contributed by atoms with Crippen LogP contribution < -0.4 is 10.6 Å². The Bertz CT molecular complexity index is 295. The maximum absolute atomic E-state index is 5.69. The van der Waals surface area contributed by atoms with Crippen molar-refractivity contribution in [3.8, 4) is 0 Å². The summed E-state index contributed by atoms with van der Waals surface area (Å²) in [6.07, 6.45) is 9.98. The van der Waals surface area contributed by atoms with Gasteiger partial charge in [-0.1, -0.05) is 19.3 Å². The smallest absolute Gasteiger partial charge is 0.132 e. The molecule has 0 saturated heterocycles. The molecular weight excluding hydrogens is 200 g/mol. The predicted molar refractivity (Wildman–Crippen MR) is 65.3 cm³/mol. The average Bonchev–Trinajstić information content (AvgIpc) is 2.38. The molecule has 1 aromatic heterocycles. The Morgan fingerprint density at radius 1 is 1.31 bits per heavy atom. The van der Waals surface area contributed by atoms with Crippen LogP contribution in [0, 0.1) is 0 Å². The van der Waals surface area contributed by atoms with Gasteiger partial charge >= 0.3 is 0 Å². The lowest BCUT2D eigenvalue weighted by Gasteiger charge is -2.34. The molecule has 0 bridgehead atoms. The summed E-state index contributed by atoms with van der Waals surface area (Å²) in [5, 5.41) is 0. The van der Waals surface area contributed by atoms with Gasteiger partial charge in [-0.05, 0) is 18.9 Å². The van der Waals surface area contributed by atoms with Crippen molar-refractivity contribution in [1.29, 1.82) is 0 Å². The highest BCUT2D eigenvalue weighted by Crippen LogP contribution is 2.25. The van der Waals surface area contributed by atoms with E-state index in [1.807, 2.05) is 6.07 Å². The highest BCUT2D eigenvalue weighted by Gasteiger charge is 2.21. The minimum Gasteiger partial charge on any atom is -0.352 e. The van der Waals surface area contributed by atoms with Crippen LogP contribution in [0.1, 0.15) is 32.1 Å². The number of anilines is 1. The Kier molecular flexibility index (Phi) is 4.10. The van der Waals surface area contributed by atoms with Crippen LogP contribution in [0.25, 0.3) is 0 Å². The van der Waals surface area contributed by atoms with Gasteiger partial charge in [0.1, 0.15) is 12.1 Å². The second-order valence-electron chi connectivity index (χ2n) is 4.34. The zero-order valence-corrected chi connectivity index (χ0v) is 9.68. The van der Waals surface area contributed by atoms with E-state index in [4.69, 9.17) is 5.73 Å². The molecule has 0 amide bonds. The van der Waals surface area contributed by atoms with Crippen molar-refractivity contribution >= 4 is 5.82 Å². The fourth-order valence-electron chi connectivity index (χ4n) is 2.47. The van der Waals surface area contributed by atoms with Crippen molar-refractivity contribution in [1.82, 2.24) is 9.97 Å². The lowest BCUT2D eigenvalue weighted by molar-refractivity contribution is 0.414. The van der Waals surface area contributed by atoms with Gasteiger partial charge < -0.3 is 10.6 Å². The van der Waals surface area contributed by atoms with E-state index < -0.39 is 0 Å². The molecule has 0 atom stereocenters. The number of nitrogens with zero attached hydrogens (tertiary/aromatic N) is 3. The monoisotopic (exact) mass is 220 g/mol. The highest BCUT2D eigenvalue weighted by atomic mass is 15.2. The standard InChI is InChI=1S/C12H20N4/c13-7-9-16(11-4-2-1-3-5-11)12-6-8-14-10-15-12/h6,8,10-11H,1-5,7,9,13H2. The maximum atomic E-state index is 5.69. The largest absolute Gasteiger partial charge is 0.352 e. The second-order valence-corrected chi connectivity index (χ2v) is 4.34. The molecule has 1 saturated carbocycles. The topological polar surface area (TPSA) is 55.0 Å². The van der Waals surface area contributed by atoms with E-state index in [2.05, 4.69) is 14.9 Å². The first-order chi connectivity index (χ1) is 7.92. The Balaban J connectivity index is 2.09. The first-order valence-electron chi connectivity index (χ1n) is 6.14. The van der Waals surface area contributed by atoms with Crippen LogP contribution >= 0.6 is 0 Å². The van der Waals surface area contributed by atoms with Crippen LogP contribution in [0.15, 0.2) is 18.6 Å². The summed E-state index contributed by atoms with van der Waals surface area (Å²) in [6, 6.07) is 2.59. The Labute approximate surface area is 96.9 Å². The summed E-state index contributed by atoms with van der Waals surface area (Å²) in [4.78, 5) is 10.6. The van der Waals surface area contributed by atoms with E-state index in [0.29, 0.717) is 12.6 Å². The van der Waals surface area contributed by atoms with Gasteiger partial charge in [0.15, 0.2) is 0 Å². The van der Waals surface area contributed by atoms with Crippen molar-refractivity contribution in [2.45, 2.75) is 38.1 Å². The minimum absolute atomic E-state index is 0.618. The third-order valence-corrected chi connectivity index (χ3v) is 3.25. The summed E-state index contributed by atoms with van der Waals surface area (Å²) in [5.74, 6) is 1.02. The van der Waals surface area contributed by atoms with Crippen LogP contribution in [0.4, 0.5) is 5.82 Å². The molecule has 0 unspecified atom stereocenters. The van der Waals surface area contributed by atoms with Crippen LogP contribution in [0.2, 0.25) is 0 Å². The van der Waals surface area contributed by atoms with Gasteiger partial charge in [-0.2, -0.15) is 0 Å². The maximum Gasteiger partial charge on any atom is 0.132 e. The summed E-state index contributed by atoms with van der Waals surface area (Å²) in [5.41, 5.74) is 5.69. The van der Waals surface area contributed by atoms with Gasteiger partial charge in [0.2, 0.25) is 0 Å². The van der Waals surface area contributed by atoms with Crippen molar-refractivity contribution in [3.63, 3.8) is 0 Å². The molecule has 1 aliphatic carbocycles. The third kappa shape index (κ3) is 2.70. The molecule has 0 aliphatic heterocycles. The number of hydrogen-bond donors (Lipinski definition) is 1. The molecule has 1 fully saturated rings. The Morgan fingerprint density at radius 2 is 2.12 bits per heavy atom. The Morgan fingerprint density at radius 3 is 2.75 bits per heavy atom. The molecule has 4 nitrogen and oxygen atoms in total. The van der Waals surface area contributed by atoms with Crippen molar-refractivity contribution < 1.29 is 0 Å². The van der Waals surface area contributed by atoms with Crippen molar-refractivity contribution in [3.05, 3.63) is 18.6 Å². The van der Waals surface area contributed by atoms with Gasteiger partial charge in [0, 0.05) is 25.3 Å². The zero-order chi connectivity index (χ0) is 11.2. The quantitative estimate of drug-likeness (QED) is 0.837. The molecule has 1 heterocycles. The van der Waals surface area contributed by atoms with Crippen LogP contribution in [0.3, 0.4) is 0 Å². The van der Waals surface area contributed by atoms with E-state index in [0.717, 1.165) is 12.4 Å². The average molecular weight is 220 g/mol. The number of rotatable bonds is 4. The van der Waals surface area contributed by atoms with E-state index in [9.17, 15) is 0 Å². The van der Waals surface area contributed by atoms with Gasteiger partial charge in [0.05, 0.1) is 0 Å². The van der Waals surface area contributed by atoms with Crippen molar-refractivity contribution in [2.75, 3.05) is 18.0 Å². The van der Waals surface area contributed by atoms with Crippen LogP contribution in [0.5, 0.6) is 0 Å². The van der Waals surface area contributed by atoms with Crippen molar-refractivity contribution in [2.24, 2.45) is 5.73 Å². The van der Waals surface area contributed by atoms with Gasteiger partial charge in [0.25, 0.3) is 0 Å². The molecule has 16 heavy (non-hydrogen) atoms. The molecular formula is C12H20N4. The van der Waals surface area contributed by atoms with E-state index in [-0.39, 0.29) is 0 Å². The number of hydrogen-bond acceptors (Lipinski definition) is 4. The molecule has 0 aromatic carbocycles. The third-order valence-electron chi connectivity index (χ3n) is 3.25. The highest BCUT2D eigenvalue weighted by molar-refractivity contribution is 5.38. The molecule has 88 valence electrons. The van der Waals surface area contributed by atoms with E-state index in [1.54, 1.807) is 12.5 Å². The molecule has 0 spiro atoms. The molecule has 1 aromatic rings. The van der Waals surface area contributed by atoms with Gasteiger partial charge in [-0.3, -0.25) is 0 Å². The van der Waals surface area contributed by atoms with E-state index >= 15 is 0 Å². The first-order valence-corrected chi connectivity index (χ1v) is 6.14. The number of nitrogens with two attached hydrogens (primary N) is 1. The lowest BCUT2D eigenvalue weighted by Crippen LogP contribution is -2.40. The first kappa shape index (κ1) is 11.3. The minimum atomic E-state index is 0.618.